The minimum absolute atomic E-state index is 1.24. The second-order valence-electron chi connectivity index (χ2n) is 14.3. The molecule has 0 saturated carbocycles. The number of hydrogen-bond donors (Lipinski definition) is 0. The smallest absolute Gasteiger partial charge is 0.00134 e. The van der Waals surface area contributed by atoms with E-state index in [1.165, 1.54) is 121 Å². The van der Waals surface area contributed by atoms with Crippen LogP contribution in [0.3, 0.4) is 0 Å². The molecule has 2 aliphatic carbocycles. The SMILES string of the molecule is c1ccc2c(c1)-c1cccc3ccc(-c4cc5ccccc5c(-c5cccc6ccccc56)c4-c4ccc5cccc6c5c4-c4ccccc4-6)c-2c13. The summed E-state index contributed by atoms with van der Waals surface area (Å²) in [7, 11) is 0. The summed E-state index contributed by atoms with van der Waals surface area (Å²) in [5.41, 5.74) is 18.2. The van der Waals surface area contributed by atoms with E-state index in [9.17, 15) is 0 Å². The predicted molar refractivity (Wildman–Crippen MR) is 222 cm³/mol. The molecule has 0 aliphatic heterocycles. The molecule has 0 aromatic heterocycles. The third-order valence-electron chi connectivity index (χ3n) is 11.7. The number of rotatable bonds is 3. The van der Waals surface area contributed by atoms with E-state index >= 15 is 0 Å². The Hall–Kier alpha value is -6.76. The first-order chi connectivity index (χ1) is 25.8. The Kier molecular flexibility index (Phi) is 5.59. The fourth-order valence-corrected chi connectivity index (χ4v) is 9.63. The van der Waals surface area contributed by atoms with Crippen molar-refractivity contribution in [3.8, 4) is 77.9 Å². The van der Waals surface area contributed by atoms with Gasteiger partial charge in [-0.15, -0.1) is 0 Å². The van der Waals surface area contributed by atoms with E-state index in [2.05, 4.69) is 182 Å². The van der Waals surface area contributed by atoms with Crippen LogP contribution in [0.2, 0.25) is 0 Å². The standard InChI is InChI=1S/C52H30/c1-3-17-35-31(12-1)14-9-23-39(35)49-36-18-4-2-13-34(36)30-46(44-28-26-32-15-10-24-40-37-19-5-7-21-42(37)50(44)47(32)40)52(49)45-29-27-33-16-11-25-41-38-20-6-8-22-43(38)51(45)48(33)41/h1-30H. The predicted octanol–water partition coefficient (Wildman–Crippen LogP) is 14.6. The van der Waals surface area contributed by atoms with Gasteiger partial charge in [-0.3, -0.25) is 0 Å². The Labute approximate surface area is 301 Å². The molecule has 0 bridgehead atoms. The van der Waals surface area contributed by atoms with Crippen molar-refractivity contribution < 1.29 is 0 Å². The van der Waals surface area contributed by atoms with Crippen molar-refractivity contribution in [3.63, 3.8) is 0 Å². The normalized spacial score (nSPS) is 12.2. The van der Waals surface area contributed by atoms with Crippen LogP contribution in [0.1, 0.15) is 0 Å². The van der Waals surface area contributed by atoms with Crippen LogP contribution >= 0.6 is 0 Å². The summed E-state index contributed by atoms with van der Waals surface area (Å²) < 4.78 is 0. The van der Waals surface area contributed by atoms with Crippen LogP contribution in [0, 0.1) is 0 Å². The fraction of sp³-hybridized carbons (Fsp3) is 0. The Morgan fingerprint density at radius 2 is 0.654 bits per heavy atom. The summed E-state index contributed by atoms with van der Waals surface area (Å²) in [5.74, 6) is 0. The number of hydrogen-bond acceptors (Lipinski definition) is 0. The quantitative estimate of drug-likeness (QED) is 0.178. The van der Waals surface area contributed by atoms with Crippen LogP contribution in [0.4, 0.5) is 0 Å². The van der Waals surface area contributed by atoms with Crippen LogP contribution in [0.15, 0.2) is 182 Å². The van der Waals surface area contributed by atoms with Crippen LogP contribution in [0.25, 0.3) is 121 Å². The molecule has 0 heteroatoms. The highest BCUT2D eigenvalue weighted by Gasteiger charge is 2.30. The Bertz CT molecular complexity index is 3170. The zero-order chi connectivity index (χ0) is 33.9. The molecular formula is C52H30. The van der Waals surface area contributed by atoms with Gasteiger partial charge < -0.3 is 0 Å². The van der Waals surface area contributed by atoms with Gasteiger partial charge in [-0.1, -0.05) is 176 Å². The highest BCUT2D eigenvalue weighted by molar-refractivity contribution is 6.25. The first-order valence-corrected chi connectivity index (χ1v) is 18.2. The van der Waals surface area contributed by atoms with Crippen molar-refractivity contribution in [1.29, 1.82) is 0 Å². The maximum absolute atomic E-state index is 2.48. The van der Waals surface area contributed by atoms with Crippen molar-refractivity contribution in [2.45, 2.75) is 0 Å². The number of benzene rings is 10. The molecule has 2 aliphatic rings. The summed E-state index contributed by atoms with van der Waals surface area (Å²) in [6.45, 7) is 0. The third-order valence-corrected chi connectivity index (χ3v) is 11.7. The molecule has 12 rings (SSSR count). The van der Waals surface area contributed by atoms with E-state index in [0.717, 1.165) is 0 Å². The Balaban J connectivity index is 1.32. The van der Waals surface area contributed by atoms with Gasteiger partial charge in [-0.05, 0) is 127 Å². The molecule has 0 N–H and O–H groups in total. The second kappa shape index (κ2) is 10.4. The molecule has 238 valence electrons. The van der Waals surface area contributed by atoms with E-state index in [1.807, 2.05) is 0 Å². The van der Waals surface area contributed by atoms with E-state index in [4.69, 9.17) is 0 Å². The lowest BCUT2D eigenvalue weighted by Crippen LogP contribution is -1.97. The van der Waals surface area contributed by atoms with Crippen LogP contribution in [-0.4, -0.2) is 0 Å². The monoisotopic (exact) mass is 654 g/mol. The first-order valence-electron chi connectivity index (χ1n) is 18.2. The molecule has 0 unspecified atom stereocenters. The van der Waals surface area contributed by atoms with Gasteiger partial charge in [-0.25, -0.2) is 0 Å². The molecule has 0 fully saturated rings. The lowest BCUT2D eigenvalue weighted by Gasteiger charge is -2.24. The Morgan fingerprint density at radius 1 is 0.192 bits per heavy atom. The van der Waals surface area contributed by atoms with Gasteiger partial charge in [0.2, 0.25) is 0 Å². The van der Waals surface area contributed by atoms with Crippen molar-refractivity contribution in [1.82, 2.24) is 0 Å². The lowest BCUT2D eigenvalue weighted by molar-refractivity contribution is 1.61. The summed E-state index contributed by atoms with van der Waals surface area (Å²) in [6, 6.07) is 68.2. The van der Waals surface area contributed by atoms with Gasteiger partial charge in [0.1, 0.15) is 0 Å². The van der Waals surface area contributed by atoms with E-state index < -0.39 is 0 Å². The van der Waals surface area contributed by atoms with Crippen LogP contribution in [-0.2, 0) is 0 Å². The van der Waals surface area contributed by atoms with Gasteiger partial charge in [0.15, 0.2) is 0 Å². The molecular weight excluding hydrogens is 625 g/mol. The highest BCUT2D eigenvalue weighted by Crippen LogP contribution is 2.58. The summed E-state index contributed by atoms with van der Waals surface area (Å²) in [4.78, 5) is 0. The molecule has 0 saturated heterocycles. The molecule has 10 aromatic rings. The van der Waals surface area contributed by atoms with E-state index in [1.54, 1.807) is 0 Å². The minimum atomic E-state index is 1.24. The highest BCUT2D eigenvalue weighted by atomic mass is 14.3. The molecule has 10 aromatic carbocycles. The van der Waals surface area contributed by atoms with Gasteiger partial charge in [0.05, 0.1) is 0 Å². The third kappa shape index (κ3) is 3.66. The zero-order valence-corrected chi connectivity index (χ0v) is 28.3. The van der Waals surface area contributed by atoms with Crippen molar-refractivity contribution in [2.75, 3.05) is 0 Å². The second-order valence-corrected chi connectivity index (χ2v) is 14.3. The lowest BCUT2D eigenvalue weighted by atomic mass is 9.79. The van der Waals surface area contributed by atoms with Gasteiger partial charge in [0.25, 0.3) is 0 Å². The summed E-state index contributed by atoms with van der Waals surface area (Å²) in [6.07, 6.45) is 0. The zero-order valence-electron chi connectivity index (χ0n) is 28.3. The van der Waals surface area contributed by atoms with Crippen LogP contribution < -0.4 is 0 Å². The van der Waals surface area contributed by atoms with Crippen LogP contribution in [0.5, 0.6) is 0 Å². The topological polar surface area (TPSA) is 0 Å². The molecule has 0 heterocycles. The minimum Gasteiger partial charge on any atom is -0.0616 e. The molecule has 0 nitrogen and oxygen atoms in total. The van der Waals surface area contributed by atoms with Crippen molar-refractivity contribution >= 4 is 43.1 Å². The number of fused-ring (bicyclic) bond motifs is 8. The van der Waals surface area contributed by atoms with E-state index in [-0.39, 0.29) is 0 Å². The molecule has 0 atom stereocenters. The largest absolute Gasteiger partial charge is 0.0616 e. The van der Waals surface area contributed by atoms with Gasteiger partial charge >= 0.3 is 0 Å². The maximum atomic E-state index is 2.48. The van der Waals surface area contributed by atoms with Gasteiger partial charge in [0, 0.05) is 0 Å². The molecule has 0 spiro atoms. The fourth-order valence-electron chi connectivity index (χ4n) is 9.63. The Morgan fingerprint density at radius 3 is 1.33 bits per heavy atom. The van der Waals surface area contributed by atoms with Gasteiger partial charge in [-0.2, -0.15) is 0 Å². The molecule has 0 radical (unpaired) electrons. The van der Waals surface area contributed by atoms with E-state index in [0.29, 0.717) is 0 Å². The average Bonchev–Trinajstić information content (AvgIpc) is 3.73. The van der Waals surface area contributed by atoms with Crippen molar-refractivity contribution in [3.05, 3.63) is 182 Å². The molecule has 0 amide bonds. The average molecular weight is 655 g/mol. The first kappa shape index (κ1) is 28.0. The molecule has 52 heavy (non-hydrogen) atoms. The summed E-state index contributed by atoms with van der Waals surface area (Å²) in [5, 5.41) is 10.3. The van der Waals surface area contributed by atoms with Crippen molar-refractivity contribution in [2.24, 2.45) is 0 Å². The maximum Gasteiger partial charge on any atom is -0.00134 e. The summed E-state index contributed by atoms with van der Waals surface area (Å²) >= 11 is 0.